The Morgan fingerprint density at radius 1 is 1.28 bits per heavy atom. The molecule has 2 heteroatoms. The van der Waals surface area contributed by atoms with Crippen molar-refractivity contribution in [2.45, 2.75) is 39.2 Å². The lowest BCUT2D eigenvalue weighted by Crippen LogP contribution is -2.21. The molecule has 0 amide bonds. The molecular formula is C16H23ClO. The zero-order valence-corrected chi connectivity index (χ0v) is 12.0. The van der Waals surface area contributed by atoms with E-state index in [0.717, 1.165) is 31.4 Å². The van der Waals surface area contributed by atoms with Gasteiger partial charge in [-0.05, 0) is 42.6 Å². The number of ether oxygens (including phenoxy) is 1. The van der Waals surface area contributed by atoms with Gasteiger partial charge in [0.15, 0.2) is 0 Å². The average Bonchev–Trinajstić information content (AvgIpc) is 3.24. The standard InChI is InChI=1S/C16H23ClO/c1-16(13-17,15-8-9-15)10-5-11-18-12-14-6-3-2-4-7-14/h2-4,6-7,15H,5,8-13H2,1H3. The van der Waals surface area contributed by atoms with E-state index in [4.69, 9.17) is 16.3 Å². The summed E-state index contributed by atoms with van der Waals surface area (Å²) in [5, 5.41) is 0. The smallest absolute Gasteiger partial charge is 0.0716 e. The van der Waals surface area contributed by atoms with E-state index < -0.39 is 0 Å². The van der Waals surface area contributed by atoms with Crippen LogP contribution in [0.2, 0.25) is 0 Å². The van der Waals surface area contributed by atoms with Crippen LogP contribution in [0.3, 0.4) is 0 Å². The molecule has 1 nitrogen and oxygen atoms in total. The van der Waals surface area contributed by atoms with E-state index in [9.17, 15) is 0 Å². The predicted octanol–water partition coefficient (Wildman–Crippen LogP) is 4.64. The van der Waals surface area contributed by atoms with Gasteiger partial charge in [0.25, 0.3) is 0 Å². The molecule has 1 aromatic carbocycles. The molecule has 0 aliphatic heterocycles. The van der Waals surface area contributed by atoms with Crippen LogP contribution in [-0.2, 0) is 11.3 Å². The maximum atomic E-state index is 6.11. The first kappa shape index (κ1) is 13.9. The minimum atomic E-state index is 0.345. The van der Waals surface area contributed by atoms with Crippen LogP contribution in [-0.4, -0.2) is 12.5 Å². The lowest BCUT2D eigenvalue weighted by molar-refractivity contribution is 0.106. The van der Waals surface area contributed by atoms with Crippen molar-refractivity contribution >= 4 is 11.6 Å². The molecule has 0 spiro atoms. The van der Waals surface area contributed by atoms with Crippen molar-refractivity contribution in [2.75, 3.05) is 12.5 Å². The van der Waals surface area contributed by atoms with E-state index in [2.05, 4.69) is 31.2 Å². The largest absolute Gasteiger partial charge is 0.377 e. The third kappa shape index (κ3) is 4.00. The van der Waals surface area contributed by atoms with E-state index in [1.807, 2.05) is 6.07 Å². The number of halogens is 1. The summed E-state index contributed by atoms with van der Waals surface area (Å²) in [5.74, 6) is 1.65. The Bertz CT molecular complexity index is 347. The lowest BCUT2D eigenvalue weighted by atomic mass is 9.82. The van der Waals surface area contributed by atoms with Crippen LogP contribution < -0.4 is 0 Å². The minimum Gasteiger partial charge on any atom is -0.377 e. The summed E-state index contributed by atoms with van der Waals surface area (Å²) in [6.45, 7) is 3.89. The first-order valence-corrected chi connectivity index (χ1v) is 7.46. The van der Waals surface area contributed by atoms with Gasteiger partial charge in [0.05, 0.1) is 6.61 Å². The lowest BCUT2D eigenvalue weighted by Gasteiger charge is -2.26. The monoisotopic (exact) mass is 266 g/mol. The number of benzene rings is 1. The first-order valence-electron chi connectivity index (χ1n) is 6.92. The van der Waals surface area contributed by atoms with E-state index >= 15 is 0 Å². The van der Waals surface area contributed by atoms with Gasteiger partial charge >= 0.3 is 0 Å². The summed E-state index contributed by atoms with van der Waals surface area (Å²) in [4.78, 5) is 0. The third-order valence-corrected chi connectivity index (χ3v) is 4.63. The van der Waals surface area contributed by atoms with Crippen molar-refractivity contribution in [3.05, 3.63) is 35.9 Å². The number of alkyl halides is 1. The summed E-state index contributed by atoms with van der Waals surface area (Å²) in [5.41, 5.74) is 1.59. The molecule has 100 valence electrons. The maximum absolute atomic E-state index is 6.11. The van der Waals surface area contributed by atoms with Crippen LogP contribution in [0.25, 0.3) is 0 Å². The summed E-state index contributed by atoms with van der Waals surface area (Å²) < 4.78 is 5.72. The molecule has 1 atom stereocenters. The van der Waals surface area contributed by atoms with E-state index in [-0.39, 0.29) is 0 Å². The van der Waals surface area contributed by atoms with Crippen LogP contribution >= 0.6 is 11.6 Å². The highest BCUT2D eigenvalue weighted by atomic mass is 35.5. The molecule has 0 heterocycles. The fourth-order valence-corrected chi connectivity index (χ4v) is 2.85. The van der Waals surface area contributed by atoms with Crippen molar-refractivity contribution in [3.8, 4) is 0 Å². The molecule has 1 aliphatic rings. The minimum absolute atomic E-state index is 0.345. The molecule has 1 saturated carbocycles. The average molecular weight is 267 g/mol. The zero-order chi connectivity index (χ0) is 12.8. The normalized spacial score (nSPS) is 18.6. The first-order chi connectivity index (χ1) is 8.74. The molecule has 0 aromatic heterocycles. The molecule has 0 saturated heterocycles. The second-order valence-electron chi connectivity index (χ2n) is 5.70. The number of rotatable bonds is 8. The summed E-state index contributed by atoms with van der Waals surface area (Å²) in [6.07, 6.45) is 5.05. The maximum Gasteiger partial charge on any atom is 0.0716 e. The summed E-state index contributed by atoms with van der Waals surface area (Å²) in [6, 6.07) is 10.3. The Labute approximate surface area is 115 Å². The van der Waals surface area contributed by atoms with Crippen molar-refractivity contribution < 1.29 is 4.74 Å². The van der Waals surface area contributed by atoms with Crippen molar-refractivity contribution in [1.29, 1.82) is 0 Å². The van der Waals surface area contributed by atoms with Crippen LogP contribution in [0.15, 0.2) is 30.3 Å². The van der Waals surface area contributed by atoms with Crippen molar-refractivity contribution in [2.24, 2.45) is 11.3 Å². The molecule has 0 radical (unpaired) electrons. The van der Waals surface area contributed by atoms with Crippen molar-refractivity contribution in [3.63, 3.8) is 0 Å². The third-order valence-electron chi connectivity index (χ3n) is 4.02. The summed E-state index contributed by atoms with van der Waals surface area (Å²) in [7, 11) is 0. The Kier molecular flexibility index (Phi) is 5.08. The number of hydrogen-bond donors (Lipinski definition) is 0. The van der Waals surface area contributed by atoms with E-state index in [0.29, 0.717) is 5.41 Å². The second kappa shape index (κ2) is 6.58. The SMILES string of the molecule is CC(CCl)(CCCOCc1ccccc1)C1CC1. The molecule has 1 fully saturated rings. The molecule has 0 bridgehead atoms. The molecule has 1 unspecified atom stereocenters. The van der Waals surface area contributed by atoms with Gasteiger partial charge in [-0.3, -0.25) is 0 Å². The van der Waals surface area contributed by atoms with E-state index in [1.165, 1.54) is 24.8 Å². The molecule has 1 aromatic rings. The number of hydrogen-bond acceptors (Lipinski definition) is 1. The molecule has 0 N–H and O–H groups in total. The van der Waals surface area contributed by atoms with Gasteiger partial charge in [-0.15, -0.1) is 11.6 Å². The van der Waals surface area contributed by atoms with Gasteiger partial charge < -0.3 is 4.74 Å². The van der Waals surface area contributed by atoms with Crippen molar-refractivity contribution in [1.82, 2.24) is 0 Å². The highest BCUT2D eigenvalue weighted by Crippen LogP contribution is 2.48. The van der Waals surface area contributed by atoms with Gasteiger partial charge in [0.1, 0.15) is 0 Å². The van der Waals surface area contributed by atoms with Crippen LogP contribution in [0.5, 0.6) is 0 Å². The summed E-state index contributed by atoms with van der Waals surface area (Å²) >= 11 is 6.11. The van der Waals surface area contributed by atoms with Crippen LogP contribution in [0.1, 0.15) is 38.2 Å². The Morgan fingerprint density at radius 2 is 2.00 bits per heavy atom. The predicted molar refractivity (Wildman–Crippen MR) is 76.9 cm³/mol. The Hall–Kier alpha value is -0.530. The highest BCUT2D eigenvalue weighted by Gasteiger charge is 2.40. The molecule has 1 aliphatic carbocycles. The molecular weight excluding hydrogens is 244 g/mol. The van der Waals surface area contributed by atoms with Gasteiger partial charge in [-0.2, -0.15) is 0 Å². The second-order valence-corrected chi connectivity index (χ2v) is 5.97. The van der Waals surface area contributed by atoms with Crippen LogP contribution in [0, 0.1) is 11.3 Å². The Morgan fingerprint density at radius 3 is 2.61 bits per heavy atom. The topological polar surface area (TPSA) is 9.23 Å². The molecule has 18 heavy (non-hydrogen) atoms. The van der Waals surface area contributed by atoms with Gasteiger partial charge in [0, 0.05) is 12.5 Å². The molecule has 2 rings (SSSR count). The van der Waals surface area contributed by atoms with E-state index in [1.54, 1.807) is 0 Å². The zero-order valence-electron chi connectivity index (χ0n) is 11.2. The quantitative estimate of drug-likeness (QED) is 0.492. The Balaban J connectivity index is 1.61. The van der Waals surface area contributed by atoms with Gasteiger partial charge in [-0.25, -0.2) is 0 Å². The fourth-order valence-electron chi connectivity index (χ4n) is 2.50. The fraction of sp³-hybridized carbons (Fsp3) is 0.625. The van der Waals surface area contributed by atoms with Gasteiger partial charge in [-0.1, -0.05) is 37.3 Å². The van der Waals surface area contributed by atoms with Crippen LogP contribution in [0.4, 0.5) is 0 Å². The van der Waals surface area contributed by atoms with Gasteiger partial charge in [0.2, 0.25) is 0 Å². The highest BCUT2D eigenvalue weighted by molar-refractivity contribution is 6.18.